The third kappa shape index (κ3) is 2.25. The summed E-state index contributed by atoms with van der Waals surface area (Å²) < 4.78 is 5.86. The SMILES string of the molecule is CNc1nc(Oc2ccc(Cl)cc2C)c2[nH]cnc2n1. The number of H-pyrrole nitrogens is 1. The van der Waals surface area contributed by atoms with Crippen LogP contribution in [0, 0.1) is 6.92 Å². The van der Waals surface area contributed by atoms with E-state index in [2.05, 4.69) is 25.3 Å². The molecule has 2 N–H and O–H groups in total. The van der Waals surface area contributed by atoms with Crippen LogP contribution in [0.1, 0.15) is 5.56 Å². The van der Waals surface area contributed by atoms with Crippen molar-refractivity contribution < 1.29 is 4.74 Å². The lowest BCUT2D eigenvalue weighted by Gasteiger charge is -2.09. The molecule has 2 aromatic heterocycles. The van der Waals surface area contributed by atoms with Crippen LogP contribution in [-0.4, -0.2) is 27.0 Å². The van der Waals surface area contributed by atoms with E-state index in [-0.39, 0.29) is 0 Å². The maximum absolute atomic E-state index is 5.94. The van der Waals surface area contributed by atoms with Crippen LogP contribution in [0.5, 0.6) is 11.6 Å². The van der Waals surface area contributed by atoms with Crippen molar-refractivity contribution in [3.63, 3.8) is 0 Å². The van der Waals surface area contributed by atoms with Gasteiger partial charge in [-0.25, -0.2) is 4.98 Å². The fraction of sp³-hybridized carbons (Fsp3) is 0.154. The zero-order valence-corrected chi connectivity index (χ0v) is 11.7. The molecule has 0 radical (unpaired) electrons. The van der Waals surface area contributed by atoms with Gasteiger partial charge in [-0.05, 0) is 30.7 Å². The second kappa shape index (κ2) is 4.97. The van der Waals surface area contributed by atoms with Crippen molar-refractivity contribution in [1.82, 2.24) is 19.9 Å². The smallest absolute Gasteiger partial charge is 0.250 e. The molecule has 1 aromatic carbocycles. The topological polar surface area (TPSA) is 75.7 Å². The molecular formula is C13H12ClN5O. The van der Waals surface area contributed by atoms with Crippen molar-refractivity contribution in [3.05, 3.63) is 35.1 Å². The van der Waals surface area contributed by atoms with Crippen LogP contribution in [-0.2, 0) is 0 Å². The molecule has 0 aliphatic carbocycles. The fourth-order valence-corrected chi connectivity index (χ4v) is 2.05. The van der Waals surface area contributed by atoms with Crippen molar-refractivity contribution in [2.45, 2.75) is 6.92 Å². The van der Waals surface area contributed by atoms with Crippen LogP contribution >= 0.6 is 11.6 Å². The molecule has 6 nitrogen and oxygen atoms in total. The number of nitrogens with one attached hydrogen (secondary N) is 2. The Labute approximate surface area is 120 Å². The maximum Gasteiger partial charge on any atom is 0.250 e. The highest BCUT2D eigenvalue weighted by atomic mass is 35.5. The molecule has 3 rings (SSSR count). The molecule has 102 valence electrons. The van der Waals surface area contributed by atoms with Crippen LogP contribution in [0.3, 0.4) is 0 Å². The van der Waals surface area contributed by atoms with Crippen molar-refractivity contribution in [1.29, 1.82) is 0 Å². The van der Waals surface area contributed by atoms with Gasteiger partial charge in [-0.2, -0.15) is 9.97 Å². The Kier molecular flexibility index (Phi) is 3.15. The first-order chi connectivity index (χ1) is 9.67. The first-order valence-corrected chi connectivity index (χ1v) is 6.38. The number of aromatic nitrogens is 4. The molecule has 0 spiro atoms. The number of nitrogens with zero attached hydrogens (tertiary/aromatic N) is 3. The lowest BCUT2D eigenvalue weighted by atomic mass is 10.2. The summed E-state index contributed by atoms with van der Waals surface area (Å²) in [5.41, 5.74) is 2.12. The van der Waals surface area contributed by atoms with Crippen LogP contribution < -0.4 is 10.1 Å². The average molecular weight is 290 g/mol. The fourth-order valence-electron chi connectivity index (χ4n) is 1.82. The molecule has 0 atom stereocenters. The summed E-state index contributed by atoms with van der Waals surface area (Å²) in [4.78, 5) is 15.6. The summed E-state index contributed by atoms with van der Waals surface area (Å²) in [7, 11) is 1.74. The van der Waals surface area contributed by atoms with E-state index < -0.39 is 0 Å². The van der Waals surface area contributed by atoms with Gasteiger partial charge in [0.05, 0.1) is 6.33 Å². The van der Waals surface area contributed by atoms with E-state index in [0.717, 1.165) is 5.56 Å². The van der Waals surface area contributed by atoms with Gasteiger partial charge in [0, 0.05) is 12.1 Å². The minimum atomic E-state index is 0.419. The number of hydrogen-bond acceptors (Lipinski definition) is 5. The van der Waals surface area contributed by atoms with E-state index in [9.17, 15) is 0 Å². The Morgan fingerprint density at radius 2 is 2.15 bits per heavy atom. The molecule has 3 aromatic rings. The van der Waals surface area contributed by atoms with Gasteiger partial charge in [0.15, 0.2) is 5.65 Å². The number of aryl methyl sites for hydroxylation is 1. The molecule has 0 aliphatic heterocycles. The predicted molar refractivity (Wildman–Crippen MR) is 77.5 cm³/mol. The lowest BCUT2D eigenvalue weighted by molar-refractivity contribution is 0.464. The Morgan fingerprint density at radius 1 is 1.30 bits per heavy atom. The molecular weight excluding hydrogens is 278 g/mol. The van der Waals surface area contributed by atoms with E-state index in [4.69, 9.17) is 16.3 Å². The first-order valence-electron chi connectivity index (χ1n) is 6.00. The van der Waals surface area contributed by atoms with E-state index in [1.54, 1.807) is 25.5 Å². The highest BCUT2D eigenvalue weighted by molar-refractivity contribution is 6.30. The molecule has 0 bridgehead atoms. The van der Waals surface area contributed by atoms with Gasteiger partial charge in [0.25, 0.3) is 5.88 Å². The van der Waals surface area contributed by atoms with E-state index in [1.807, 2.05) is 13.0 Å². The average Bonchev–Trinajstić information content (AvgIpc) is 2.90. The quantitative estimate of drug-likeness (QED) is 0.774. The second-order valence-electron chi connectivity index (χ2n) is 4.22. The number of hydrogen-bond donors (Lipinski definition) is 2. The first kappa shape index (κ1) is 12.7. The minimum absolute atomic E-state index is 0.419. The number of rotatable bonds is 3. The van der Waals surface area contributed by atoms with Gasteiger partial charge in [0.2, 0.25) is 5.95 Å². The Hall–Kier alpha value is -2.34. The molecule has 0 fully saturated rings. The number of imidazole rings is 1. The van der Waals surface area contributed by atoms with E-state index in [1.165, 1.54) is 0 Å². The molecule has 2 heterocycles. The number of ether oxygens (including phenoxy) is 1. The summed E-state index contributed by atoms with van der Waals surface area (Å²) in [5, 5.41) is 3.55. The molecule has 0 aliphatic rings. The molecule has 0 amide bonds. The van der Waals surface area contributed by atoms with Crippen LogP contribution in [0.25, 0.3) is 11.2 Å². The number of halogens is 1. The third-order valence-electron chi connectivity index (χ3n) is 2.82. The summed E-state index contributed by atoms with van der Waals surface area (Å²) in [6.45, 7) is 1.92. The lowest BCUT2D eigenvalue weighted by Crippen LogP contribution is -2.00. The van der Waals surface area contributed by atoms with E-state index in [0.29, 0.717) is 33.8 Å². The Morgan fingerprint density at radius 3 is 2.90 bits per heavy atom. The highest BCUT2D eigenvalue weighted by Crippen LogP contribution is 2.29. The van der Waals surface area contributed by atoms with E-state index >= 15 is 0 Å². The number of benzene rings is 1. The largest absolute Gasteiger partial charge is 0.437 e. The zero-order chi connectivity index (χ0) is 14.1. The number of aromatic amines is 1. The van der Waals surface area contributed by atoms with Gasteiger partial charge >= 0.3 is 0 Å². The standard InChI is InChI=1S/C13H12ClN5O/c1-7-5-8(14)3-4-9(7)20-12-10-11(17-6-16-10)18-13(15-2)19-12/h3-6H,1-2H3,(H2,15,16,17,18,19). The number of fused-ring (bicyclic) bond motifs is 1. The minimum Gasteiger partial charge on any atom is -0.437 e. The third-order valence-corrected chi connectivity index (χ3v) is 3.05. The van der Waals surface area contributed by atoms with Crippen molar-refractivity contribution >= 4 is 28.7 Å². The highest BCUT2D eigenvalue weighted by Gasteiger charge is 2.12. The summed E-state index contributed by atoms with van der Waals surface area (Å²) in [6.07, 6.45) is 1.56. The molecule has 20 heavy (non-hydrogen) atoms. The maximum atomic E-state index is 5.94. The van der Waals surface area contributed by atoms with Gasteiger partial charge in [0.1, 0.15) is 11.3 Å². The molecule has 0 unspecified atom stereocenters. The molecule has 7 heteroatoms. The molecule has 0 saturated carbocycles. The zero-order valence-electron chi connectivity index (χ0n) is 10.9. The second-order valence-corrected chi connectivity index (χ2v) is 4.65. The summed E-state index contributed by atoms with van der Waals surface area (Å²) in [5.74, 6) is 1.56. The van der Waals surface area contributed by atoms with Gasteiger partial charge < -0.3 is 15.0 Å². The van der Waals surface area contributed by atoms with Crippen LogP contribution in [0.2, 0.25) is 5.02 Å². The van der Waals surface area contributed by atoms with Crippen LogP contribution in [0.4, 0.5) is 5.95 Å². The predicted octanol–water partition coefficient (Wildman–Crippen LogP) is 3.15. The monoisotopic (exact) mass is 289 g/mol. The summed E-state index contributed by atoms with van der Waals surface area (Å²) >= 11 is 5.94. The van der Waals surface area contributed by atoms with Gasteiger partial charge in [-0.3, -0.25) is 0 Å². The Bertz CT molecular complexity index is 771. The van der Waals surface area contributed by atoms with Gasteiger partial charge in [-0.1, -0.05) is 11.6 Å². The van der Waals surface area contributed by atoms with Crippen LogP contribution in [0.15, 0.2) is 24.5 Å². The van der Waals surface area contributed by atoms with Crippen molar-refractivity contribution in [2.24, 2.45) is 0 Å². The number of anilines is 1. The van der Waals surface area contributed by atoms with Gasteiger partial charge in [-0.15, -0.1) is 0 Å². The molecule has 0 saturated heterocycles. The summed E-state index contributed by atoms with van der Waals surface area (Å²) in [6, 6.07) is 5.41. The Balaban J connectivity index is 2.07. The normalized spacial score (nSPS) is 10.8. The van der Waals surface area contributed by atoms with Crippen molar-refractivity contribution in [3.8, 4) is 11.6 Å². The van der Waals surface area contributed by atoms with Crippen molar-refractivity contribution in [2.75, 3.05) is 12.4 Å².